The van der Waals surface area contributed by atoms with Gasteiger partial charge in [0.15, 0.2) is 0 Å². The van der Waals surface area contributed by atoms with Gasteiger partial charge in [0.25, 0.3) is 5.91 Å². The molecule has 0 saturated carbocycles. The number of nitrogens with one attached hydrogen (secondary N) is 1. The van der Waals surface area contributed by atoms with Crippen molar-refractivity contribution >= 4 is 22.9 Å². The van der Waals surface area contributed by atoms with E-state index in [1.165, 1.54) is 11.3 Å². The first-order chi connectivity index (χ1) is 8.48. The third kappa shape index (κ3) is 2.67. The normalized spacial score (nSPS) is 11.3. The van der Waals surface area contributed by atoms with E-state index in [9.17, 15) is 18.0 Å². The van der Waals surface area contributed by atoms with Crippen molar-refractivity contribution in [1.29, 1.82) is 0 Å². The number of pyridine rings is 1. The maximum Gasteiger partial charge on any atom is 0.418 e. The molecule has 7 heteroatoms. The van der Waals surface area contributed by atoms with Crippen LogP contribution in [0, 0.1) is 0 Å². The molecule has 0 aliphatic carbocycles. The van der Waals surface area contributed by atoms with Gasteiger partial charge in [-0.2, -0.15) is 24.5 Å². The summed E-state index contributed by atoms with van der Waals surface area (Å²) in [6, 6.07) is 3.57. The monoisotopic (exact) mass is 272 g/mol. The molecule has 0 spiro atoms. The lowest BCUT2D eigenvalue weighted by Gasteiger charge is -2.10. The zero-order valence-corrected chi connectivity index (χ0v) is 9.68. The van der Waals surface area contributed by atoms with E-state index in [1.54, 1.807) is 16.8 Å². The SMILES string of the molecule is O=C(Nc1ccsc1)c1ncccc1C(F)(F)F. The van der Waals surface area contributed by atoms with Crippen LogP contribution in [0.4, 0.5) is 18.9 Å². The highest BCUT2D eigenvalue weighted by molar-refractivity contribution is 7.08. The van der Waals surface area contributed by atoms with Gasteiger partial charge in [0.05, 0.1) is 11.3 Å². The average Bonchev–Trinajstić information content (AvgIpc) is 2.80. The fourth-order valence-corrected chi connectivity index (χ4v) is 1.93. The van der Waals surface area contributed by atoms with Crippen LogP contribution in [0.3, 0.4) is 0 Å². The van der Waals surface area contributed by atoms with E-state index in [0.717, 1.165) is 18.3 Å². The smallest absolute Gasteiger partial charge is 0.320 e. The highest BCUT2D eigenvalue weighted by Gasteiger charge is 2.35. The summed E-state index contributed by atoms with van der Waals surface area (Å²) in [6.07, 6.45) is -3.45. The first-order valence-corrected chi connectivity index (χ1v) is 5.78. The van der Waals surface area contributed by atoms with Crippen molar-refractivity contribution in [2.75, 3.05) is 5.32 Å². The zero-order valence-electron chi connectivity index (χ0n) is 8.86. The largest absolute Gasteiger partial charge is 0.418 e. The molecule has 18 heavy (non-hydrogen) atoms. The van der Waals surface area contributed by atoms with Gasteiger partial charge in [0.1, 0.15) is 5.69 Å². The Kier molecular flexibility index (Phi) is 3.33. The van der Waals surface area contributed by atoms with Crippen molar-refractivity contribution < 1.29 is 18.0 Å². The molecular weight excluding hydrogens is 265 g/mol. The lowest BCUT2D eigenvalue weighted by Crippen LogP contribution is -2.20. The Labute approximate surface area is 104 Å². The molecule has 0 aliphatic heterocycles. The summed E-state index contributed by atoms with van der Waals surface area (Å²) in [4.78, 5) is 15.2. The highest BCUT2D eigenvalue weighted by atomic mass is 32.1. The summed E-state index contributed by atoms with van der Waals surface area (Å²) in [5.41, 5.74) is -1.22. The predicted octanol–water partition coefficient (Wildman–Crippen LogP) is 3.41. The summed E-state index contributed by atoms with van der Waals surface area (Å²) in [5.74, 6) is -0.874. The molecule has 0 bridgehead atoms. The Morgan fingerprint density at radius 2 is 2.11 bits per heavy atom. The summed E-state index contributed by atoms with van der Waals surface area (Å²) in [5, 5.41) is 5.69. The highest BCUT2D eigenvalue weighted by Crippen LogP contribution is 2.31. The van der Waals surface area contributed by atoms with Crippen molar-refractivity contribution in [1.82, 2.24) is 4.98 Å². The van der Waals surface area contributed by atoms with Crippen molar-refractivity contribution in [2.24, 2.45) is 0 Å². The molecule has 2 heterocycles. The minimum atomic E-state index is -4.60. The number of carbonyl (C=O) groups is 1. The first kappa shape index (κ1) is 12.6. The zero-order chi connectivity index (χ0) is 13.2. The van der Waals surface area contributed by atoms with Crippen LogP contribution in [0.25, 0.3) is 0 Å². The standard InChI is InChI=1S/C11H7F3N2OS/c12-11(13,14)8-2-1-4-15-9(8)10(17)16-7-3-5-18-6-7/h1-6H,(H,16,17). The molecule has 3 nitrogen and oxygen atoms in total. The molecule has 2 aromatic rings. The van der Waals surface area contributed by atoms with Crippen molar-refractivity contribution in [3.05, 3.63) is 46.4 Å². The number of rotatable bonds is 2. The maximum atomic E-state index is 12.7. The summed E-state index contributed by atoms with van der Waals surface area (Å²) < 4.78 is 38.0. The summed E-state index contributed by atoms with van der Waals surface area (Å²) in [7, 11) is 0. The number of hydrogen-bond acceptors (Lipinski definition) is 3. The number of aromatic nitrogens is 1. The molecule has 0 fully saturated rings. The molecule has 2 rings (SSSR count). The van der Waals surface area contributed by atoms with E-state index >= 15 is 0 Å². The number of hydrogen-bond donors (Lipinski definition) is 1. The van der Waals surface area contributed by atoms with E-state index in [0.29, 0.717) is 5.69 Å². The van der Waals surface area contributed by atoms with Crippen molar-refractivity contribution in [3.63, 3.8) is 0 Å². The number of anilines is 1. The lowest BCUT2D eigenvalue weighted by atomic mass is 10.1. The second-order valence-electron chi connectivity index (χ2n) is 3.36. The van der Waals surface area contributed by atoms with Gasteiger partial charge in [-0.1, -0.05) is 0 Å². The van der Waals surface area contributed by atoms with E-state index in [1.807, 2.05) is 0 Å². The molecule has 1 N–H and O–H groups in total. The lowest BCUT2D eigenvalue weighted by molar-refractivity contribution is -0.138. The van der Waals surface area contributed by atoms with E-state index in [4.69, 9.17) is 0 Å². The fraction of sp³-hybridized carbons (Fsp3) is 0.0909. The van der Waals surface area contributed by atoms with Crippen LogP contribution < -0.4 is 5.32 Å². The van der Waals surface area contributed by atoms with Gasteiger partial charge in [0, 0.05) is 11.6 Å². The van der Waals surface area contributed by atoms with Gasteiger partial charge >= 0.3 is 6.18 Å². The van der Waals surface area contributed by atoms with Crippen LogP contribution >= 0.6 is 11.3 Å². The number of halogens is 3. The molecule has 0 radical (unpaired) electrons. The minimum Gasteiger partial charge on any atom is -0.320 e. The Morgan fingerprint density at radius 1 is 1.33 bits per heavy atom. The van der Waals surface area contributed by atoms with Gasteiger partial charge in [-0.05, 0) is 23.6 Å². The number of alkyl halides is 3. The Morgan fingerprint density at radius 3 is 2.72 bits per heavy atom. The molecule has 94 valence electrons. The van der Waals surface area contributed by atoms with Crippen molar-refractivity contribution in [3.8, 4) is 0 Å². The minimum absolute atomic E-state index is 0.448. The van der Waals surface area contributed by atoms with Crippen LogP contribution in [0.5, 0.6) is 0 Å². The van der Waals surface area contributed by atoms with Crippen molar-refractivity contribution in [2.45, 2.75) is 6.18 Å². The van der Waals surface area contributed by atoms with Crippen LogP contribution in [-0.4, -0.2) is 10.9 Å². The summed E-state index contributed by atoms with van der Waals surface area (Å²) in [6.45, 7) is 0. The van der Waals surface area contributed by atoms with Gasteiger partial charge in [-0.3, -0.25) is 9.78 Å². The third-order valence-corrected chi connectivity index (χ3v) is 2.79. The predicted molar refractivity (Wildman–Crippen MR) is 61.5 cm³/mol. The molecule has 0 aliphatic rings. The molecule has 0 unspecified atom stereocenters. The van der Waals surface area contributed by atoms with Crippen LogP contribution in [0.1, 0.15) is 16.1 Å². The Bertz CT molecular complexity index is 552. The fourth-order valence-electron chi connectivity index (χ4n) is 1.34. The molecule has 0 atom stereocenters. The molecule has 0 saturated heterocycles. The number of carbonyl (C=O) groups excluding carboxylic acids is 1. The number of nitrogens with zero attached hydrogens (tertiary/aromatic N) is 1. The van der Waals surface area contributed by atoms with Gasteiger partial charge < -0.3 is 5.32 Å². The van der Waals surface area contributed by atoms with Gasteiger partial charge in [-0.25, -0.2) is 0 Å². The molecule has 0 aromatic carbocycles. The van der Waals surface area contributed by atoms with E-state index in [2.05, 4.69) is 10.3 Å². The maximum absolute atomic E-state index is 12.7. The van der Waals surface area contributed by atoms with Gasteiger partial charge in [-0.15, -0.1) is 0 Å². The quantitative estimate of drug-likeness (QED) is 0.910. The second-order valence-corrected chi connectivity index (χ2v) is 4.14. The average molecular weight is 272 g/mol. The number of amides is 1. The molecule has 2 aromatic heterocycles. The van der Waals surface area contributed by atoms with E-state index < -0.39 is 23.3 Å². The Hall–Kier alpha value is -1.89. The van der Waals surface area contributed by atoms with Crippen LogP contribution in [0.15, 0.2) is 35.2 Å². The molecule has 1 amide bonds. The van der Waals surface area contributed by atoms with Crippen LogP contribution in [0.2, 0.25) is 0 Å². The van der Waals surface area contributed by atoms with Crippen LogP contribution in [-0.2, 0) is 6.18 Å². The van der Waals surface area contributed by atoms with Gasteiger partial charge in [0.2, 0.25) is 0 Å². The van der Waals surface area contributed by atoms with E-state index in [-0.39, 0.29) is 0 Å². The first-order valence-electron chi connectivity index (χ1n) is 4.84. The Balaban J connectivity index is 2.31. The summed E-state index contributed by atoms with van der Waals surface area (Å²) >= 11 is 1.33. The molecular formula is C11H7F3N2OS. The second kappa shape index (κ2) is 4.77. The third-order valence-electron chi connectivity index (χ3n) is 2.11. The number of thiophene rings is 1. The topological polar surface area (TPSA) is 42.0 Å².